The highest BCUT2D eigenvalue weighted by Crippen LogP contribution is 2.40. The number of carboxylic acids is 1. The minimum atomic E-state index is -1.30. The van der Waals surface area contributed by atoms with Crippen LogP contribution in [0.3, 0.4) is 0 Å². The van der Waals surface area contributed by atoms with Crippen LogP contribution in [0.15, 0.2) is 34.0 Å². The van der Waals surface area contributed by atoms with Gasteiger partial charge in [0.05, 0.1) is 0 Å². The molecular weight excluding hydrogens is 450 g/mol. The number of nitrogen functional groups attached to an aromatic ring is 1. The predicted molar refractivity (Wildman–Crippen MR) is 110 cm³/mol. The van der Waals surface area contributed by atoms with Crippen LogP contribution in [-0.4, -0.2) is 73.4 Å². The predicted octanol–water partition coefficient (Wildman–Crippen LogP) is -0.238. The first-order valence-corrected chi connectivity index (χ1v) is 10.6. The number of thioether (sulfide) groups is 1. The highest BCUT2D eigenvalue weighted by atomic mass is 32.2. The first kappa shape index (κ1) is 22.3. The third-order valence-corrected chi connectivity index (χ3v) is 6.24. The first-order chi connectivity index (χ1) is 14.7. The summed E-state index contributed by atoms with van der Waals surface area (Å²) in [4.78, 5) is 52.7. The lowest BCUT2D eigenvalue weighted by molar-refractivity contribution is -0.150. The van der Waals surface area contributed by atoms with Crippen LogP contribution in [0.25, 0.3) is 0 Å². The molecule has 0 spiro atoms. The number of ether oxygens (including phenoxy) is 1. The smallest absolute Gasteiger partial charge is 0.352 e. The van der Waals surface area contributed by atoms with Crippen molar-refractivity contribution < 1.29 is 34.2 Å². The Morgan fingerprint density at radius 2 is 2.23 bits per heavy atom. The highest BCUT2D eigenvalue weighted by Gasteiger charge is 2.54. The van der Waals surface area contributed by atoms with Crippen molar-refractivity contribution in [2.24, 2.45) is 5.16 Å². The molecule has 164 valence electrons. The number of aliphatic carboxylic acids is 1. The minimum absolute atomic E-state index is 0.0309. The van der Waals surface area contributed by atoms with Gasteiger partial charge in [0.15, 0.2) is 10.8 Å². The number of nitrogens with one attached hydrogen (secondary N) is 1. The van der Waals surface area contributed by atoms with Crippen molar-refractivity contribution in [3.05, 3.63) is 34.5 Å². The van der Waals surface area contributed by atoms with E-state index in [0.717, 1.165) is 16.2 Å². The lowest BCUT2D eigenvalue weighted by Crippen LogP contribution is -2.71. The summed E-state index contributed by atoms with van der Waals surface area (Å²) in [5.41, 5.74) is 5.32. The monoisotopic (exact) mass is 467 g/mol. The second kappa shape index (κ2) is 9.18. The number of allylic oxidation sites excluding steroid dienone is 1. The lowest BCUT2D eigenvalue weighted by Gasteiger charge is -2.49. The van der Waals surface area contributed by atoms with Gasteiger partial charge in [0.25, 0.3) is 11.8 Å². The molecule has 0 bridgehead atoms. The van der Waals surface area contributed by atoms with E-state index < -0.39 is 40.9 Å². The summed E-state index contributed by atoms with van der Waals surface area (Å²) in [6.45, 7) is 1.22. The number of nitrogens with two attached hydrogens (primary N) is 1. The fourth-order valence-corrected chi connectivity index (χ4v) is 4.81. The average molecular weight is 467 g/mol. The number of aromatic nitrogens is 1. The number of carbonyl (C=O) groups is 4. The molecule has 0 saturated carbocycles. The van der Waals surface area contributed by atoms with E-state index in [1.54, 1.807) is 0 Å². The summed E-state index contributed by atoms with van der Waals surface area (Å²) in [5.74, 6) is -2.99. The van der Waals surface area contributed by atoms with Crippen molar-refractivity contribution in [1.82, 2.24) is 15.2 Å². The maximum absolute atomic E-state index is 12.6. The van der Waals surface area contributed by atoms with Gasteiger partial charge in [-0.2, -0.15) is 0 Å². The zero-order chi connectivity index (χ0) is 22.7. The summed E-state index contributed by atoms with van der Waals surface area (Å²) in [6, 6.07) is -1.01. The van der Waals surface area contributed by atoms with Crippen molar-refractivity contribution in [2.75, 3.05) is 18.1 Å². The van der Waals surface area contributed by atoms with Gasteiger partial charge in [0.1, 0.15) is 29.4 Å². The zero-order valence-electron chi connectivity index (χ0n) is 16.0. The molecule has 0 aromatic carbocycles. The number of β-lactam (4-membered cyclic amide) rings is 1. The van der Waals surface area contributed by atoms with Gasteiger partial charge in [-0.1, -0.05) is 11.2 Å². The number of nitrogens with zero attached hydrogens (tertiary/aromatic N) is 3. The summed E-state index contributed by atoms with van der Waals surface area (Å²) >= 11 is 2.30. The van der Waals surface area contributed by atoms with Gasteiger partial charge in [-0.3, -0.25) is 19.3 Å². The molecule has 31 heavy (non-hydrogen) atoms. The molecule has 1 saturated heterocycles. The summed E-state index contributed by atoms with van der Waals surface area (Å²) in [5, 5.41) is 25.1. The molecule has 5 N–H and O–H groups in total. The molecule has 1 aromatic rings. The number of esters is 1. The number of hydrogen-bond acceptors (Lipinski definition) is 11. The first-order valence-electron chi connectivity index (χ1n) is 8.70. The van der Waals surface area contributed by atoms with Crippen LogP contribution in [0.4, 0.5) is 5.13 Å². The maximum Gasteiger partial charge on any atom is 0.352 e. The normalized spacial score (nSPS) is 21.0. The van der Waals surface area contributed by atoms with Gasteiger partial charge in [-0.15, -0.1) is 23.1 Å². The van der Waals surface area contributed by atoms with Crippen LogP contribution in [-0.2, 0) is 23.9 Å². The number of anilines is 1. The number of amides is 2. The largest absolute Gasteiger partial charge is 0.477 e. The van der Waals surface area contributed by atoms with E-state index in [1.165, 1.54) is 36.2 Å². The SMILES string of the molecule is CC(=O)OC/C=C\C1=C(C(=O)O)N2C(=O)[C@@H](NC(=O)/C(=N\O)c3csc(N)n3)[C@@H]2SC1. The maximum atomic E-state index is 12.6. The molecule has 14 heteroatoms. The van der Waals surface area contributed by atoms with E-state index in [0.29, 0.717) is 5.57 Å². The Morgan fingerprint density at radius 3 is 2.81 bits per heavy atom. The number of oxime groups is 1. The quantitative estimate of drug-likeness (QED) is 0.137. The fourth-order valence-electron chi connectivity index (χ4n) is 2.95. The minimum Gasteiger partial charge on any atom is -0.477 e. The van der Waals surface area contributed by atoms with Crippen LogP contribution in [0.5, 0.6) is 0 Å². The number of carboxylic acid groups (broad SMARTS) is 1. The number of fused-ring (bicyclic) bond motifs is 1. The summed E-state index contributed by atoms with van der Waals surface area (Å²) in [6.07, 6.45) is 2.96. The average Bonchev–Trinajstić information content (AvgIpc) is 3.14. The van der Waals surface area contributed by atoms with Gasteiger partial charge in [0.2, 0.25) is 0 Å². The van der Waals surface area contributed by atoms with Crippen molar-refractivity contribution in [1.29, 1.82) is 0 Å². The van der Waals surface area contributed by atoms with Gasteiger partial charge in [-0.05, 0) is 11.6 Å². The van der Waals surface area contributed by atoms with Crippen molar-refractivity contribution in [3.8, 4) is 0 Å². The Labute approximate surface area is 183 Å². The van der Waals surface area contributed by atoms with E-state index in [4.69, 9.17) is 10.5 Å². The van der Waals surface area contributed by atoms with E-state index in [-0.39, 0.29) is 28.9 Å². The van der Waals surface area contributed by atoms with Crippen molar-refractivity contribution >= 4 is 57.7 Å². The highest BCUT2D eigenvalue weighted by molar-refractivity contribution is 8.00. The van der Waals surface area contributed by atoms with Crippen LogP contribution >= 0.6 is 23.1 Å². The lowest BCUT2D eigenvalue weighted by atomic mass is 10.0. The number of rotatable bonds is 7. The van der Waals surface area contributed by atoms with Crippen LogP contribution in [0.2, 0.25) is 0 Å². The van der Waals surface area contributed by atoms with Gasteiger partial charge >= 0.3 is 11.9 Å². The summed E-state index contributed by atoms with van der Waals surface area (Å²) < 4.78 is 4.77. The molecule has 3 rings (SSSR count). The molecule has 3 heterocycles. The summed E-state index contributed by atoms with van der Waals surface area (Å²) in [7, 11) is 0. The Morgan fingerprint density at radius 1 is 1.48 bits per heavy atom. The molecule has 2 atom stereocenters. The second-order valence-electron chi connectivity index (χ2n) is 6.26. The molecule has 12 nitrogen and oxygen atoms in total. The third-order valence-electron chi connectivity index (χ3n) is 4.27. The topological polar surface area (TPSA) is 185 Å². The molecule has 1 aromatic heterocycles. The molecule has 0 radical (unpaired) electrons. The number of carbonyl (C=O) groups excluding carboxylic acids is 3. The third kappa shape index (κ3) is 4.54. The van der Waals surface area contributed by atoms with E-state index >= 15 is 0 Å². The van der Waals surface area contributed by atoms with Gasteiger partial charge in [0, 0.05) is 18.1 Å². The fraction of sp³-hybridized carbons (Fsp3) is 0.294. The standard InChI is InChI=1S/C17H17N5O7S2/c1-7(23)29-4-2-3-8-5-30-15-11(14(25)22(15)12(8)16(26)27)20-13(24)10(21-28)9-6-31-17(18)19-9/h2-3,6,11,15,28H,4-5H2,1H3,(H2,18,19)(H,20,24)(H,26,27)/b3-2-,21-10-/t11-,15+/m1/s1. The number of hydrogen-bond donors (Lipinski definition) is 4. The molecule has 2 aliphatic heterocycles. The van der Waals surface area contributed by atoms with Crippen molar-refractivity contribution in [2.45, 2.75) is 18.3 Å². The van der Waals surface area contributed by atoms with E-state index in [2.05, 4.69) is 15.5 Å². The zero-order valence-corrected chi connectivity index (χ0v) is 17.6. The molecule has 0 unspecified atom stereocenters. The van der Waals surface area contributed by atoms with Crippen LogP contribution in [0, 0.1) is 0 Å². The van der Waals surface area contributed by atoms with Gasteiger partial charge in [-0.25, -0.2) is 9.78 Å². The van der Waals surface area contributed by atoms with Crippen LogP contribution < -0.4 is 11.1 Å². The Kier molecular flexibility index (Phi) is 6.60. The Hall–Kier alpha value is -3.39. The molecular formula is C17H17N5O7S2. The van der Waals surface area contributed by atoms with Crippen molar-refractivity contribution in [3.63, 3.8) is 0 Å². The van der Waals surface area contributed by atoms with E-state index in [9.17, 15) is 29.5 Å². The Balaban J connectivity index is 1.74. The van der Waals surface area contributed by atoms with E-state index in [1.807, 2.05) is 0 Å². The molecule has 0 aliphatic carbocycles. The number of thiazole rings is 1. The molecule has 1 fully saturated rings. The molecule has 2 amide bonds. The Bertz CT molecular complexity index is 1030. The van der Waals surface area contributed by atoms with Crippen LogP contribution in [0.1, 0.15) is 12.6 Å². The molecule has 2 aliphatic rings. The second-order valence-corrected chi connectivity index (χ2v) is 8.26. The van der Waals surface area contributed by atoms with Gasteiger partial charge < -0.3 is 26.1 Å².